The van der Waals surface area contributed by atoms with E-state index in [0.717, 1.165) is 16.7 Å². The Labute approximate surface area is 174 Å². The Morgan fingerprint density at radius 3 is 2.57 bits per heavy atom. The summed E-state index contributed by atoms with van der Waals surface area (Å²) in [4.78, 5) is 22.6. The Morgan fingerprint density at radius 1 is 1.07 bits per heavy atom. The van der Waals surface area contributed by atoms with Crippen LogP contribution in [-0.2, 0) is 6.54 Å². The summed E-state index contributed by atoms with van der Waals surface area (Å²) in [6.45, 7) is 2.12. The van der Waals surface area contributed by atoms with Gasteiger partial charge in [0.05, 0.1) is 11.7 Å². The minimum absolute atomic E-state index is 0.0964. The quantitative estimate of drug-likeness (QED) is 0.424. The predicted octanol–water partition coefficient (Wildman–Crippen LogP) is 4.67. The number of rotatable bonds is 4. The highest BCUT2D eigenvalue weighted by Gasteiger charge is 2.15. The SMILES string of the molecule is Cc1ccc(-c2csc3ncn(Cc4nc(-c5ccc(F)cc5)no4)c(=O)c23)cc1. The van der Waals surface area contributed by atoms with Crippen LogP contribution in [0.4, 0.5) is 4.39 Å². The Bertz CT molecular complexity index is 1400. The van der Waals surface area contributed by atoms with Gasteiger partial charge in [0.15, 0.2) is 0 Å². The molecule has 0 aliphatic rings. The molecular weight excluding hydrogens is 403 g/mol. The topological polar surface area (TPSA) is 73.8 Å². The van der Waals surface area contributed by atoms with Crippen molar-refractivity contribution in [1.82, 2.24) is 19.7 Å². The van der Waals surface area contributed by atoms with Gasteiger partial charge < -0.3 is 4.52 Å². The number of aryl methyl sites for hydroxylation is 1. The molecule has 0 unspecified atom stereocenters. The molecule has 5 rings (SSSR count). The van der Waals surface area contributed by atoms with E-state index in [4.69, 9.17) is 4.52 Å². The maximum absolute atomic E-state index is 13.2. The van der Waals surface area contributed by atoms with Crippen molar-refractivity contribution in [2.24, 2.45) is 0 Å². The molecule has 0 saturated carbocycles. The molecule has 0 radical (unpaired) electrons. The fourth-order valence-electron chi connectivity index (χ4n) is 3.21. The van der Waals surface area contributed by atoms with Gasteiger partial charge in [-0.3, -0.25) is 9.36 Å². The molecule has 0 spiro atoms. The molecule has 6 nitrogen and oxygen atoms in total. The summed E-state index contributed by atoms with van der Waals surface area (Å²) >= 11 is 1.44. The minimum Gasteiger partial charge on any atom is -0.337 e. The molecule has 0 aliphatic carbocycles. The van der Waals surface area contributed by atoms with Crippen LogP contribution in [0.5, 0.6) is 0 Å². The third-order valence-corrected chi connectivity index (χ3v) is 5.69. The number of hydrogen-bond donors (Lipinski definition) is 0. The minimum atomic E-state index is -0.339. The molecule has 0 aliphatic heterocycles. The fraction of sp³-hybridized carbons (Fsp3) is 0.0909. The number of hydrogen-bond acceptors (Lipinski definition) is 6. The van der Waals surface area contributed by atoms with E-state index in [1.807, 2.05) is 36.6 Å². The first-order valence-corrected chi connectivity index (χ1v) is 10.1. The van der Waals surface area contributed by atoms with Crippen LogP contribution >= 0.6 is 11.3 Å². The molecule has 0 N–H and O–H groups in total. The van der Waals surface area contributed by atoms with Crippen molar-refractivity contribution in [3.63, 3.8) is 0 Å². The van der Waals surface area contributed by atoms with Gasteiger partial charge in [-0.25, -0.2) is 9.37 Å². The molecule has 148 valence electrons. The highest BCUT2D eigenvalue weighted by Crippen LogP contribution is 2.30. The Hall–Kier alpha value is -3.65. The van der Waals surface area contributed by atoms with Gasteiger partial charge in [-0.05, 0) is 36.8 Å². The van der Waals surface area contributed by atoms with Gasteiger partial charge in [-0.2, -0.15) is 4.98 Å². The molecule has 3 heterocycles. The van der Waals surface area contributed by atoms with Crippen LogP contribution in [0.3, 0.4) is 0 Å². The van der Waals surface area contributed by atoms with Crippen LogP contribution in [0.15, 0.2) is 69.6 Å². The second-order valence-electron chi connectivity index (χ2n) is 6.89. The lowest BCUT2D eigenvalue weighted by Gasteiger charge is -2.04. The predicted molar refractivity (Wildman–Crippen MR) is 113 cm³/mol. The second kappa shape index (κ2) is 7.31. The summed E-state index contributed by atoms with van der Waals surface area (Å²) in [5, 5.41) is 6.45. The molecule has 0 saturated heterocycles. The maximum Gasteiger partial charge on any atom is 0.263 e. The number of halogens is 1. The summed E-state index contributed by atoms with van der Waals surface area (Å²) in [5.74, 6) is 0.265. The molecule has 3 aromatic heterocycles. The average Bonchev–Trinajstić information content (AvgIpc) is 3.39. The lowest BCUT2D eigenvalue weighted by molar-refractivity contribution is 0.369. The van der Waals surface area contributed by atoms with Crippen molar-refractivity contribution in [2.45, 2.75) is 13.5 Å². The molecule has 2 aromatic carbocycles. The summed E-state index contributed by atoms with van der Waals surface area (Å²) in [7, 11) is 0. The summed E-state index contributed by atoms with van der Waals surface area (Å²) in [5.41, 5.74) is 3.45. The van der Waals surface area contributed by atoms with Gasteiger partial charge in [-0.15, -0.1) is 11.3 Å². The first kappa shape index (κ1) is 18.4. The third kappa shape index (κ3) is 3.31. The first-order valence-electron chi connectivity index (χ1n) is 9.21. The molecule has 8 heteroatoms. The van der Waals surface area contributed by atoms with Crippen LogP contribution in [-0.4, -0.2) is 19.7 Å². The number of nitrogens with zero attached hydrogens (tertiary/aromatic N) is 4. The van der Waals surface area contributed by atoms with Crippen LogP contribution in [0, 0.1) is 12.7 Å². The molecule has 0 bridgehead atoms. The molecule has 0 atom stereocenters. The van der Waals surface area contributed by atoms with Crippen molar-refractivity contribution >= 4 is 21.6 Å². The van der Waals surface area contributed by atoms with Gasteiger partial charge in [0.25, 0.3) is 5.56 Å². The number of aromatic nitrogens is 4. The first-order chi connectivity index (χ1) is 14.6. The van der Waals surface area contributed by atoms with Gasteiger partial charge in [0.1, 0.15) is 17.2 Å². The monoisotopic (exact) mass is 418 g/mol. The van der Waals surface area contributed by atoms with Gasteiger partial charge in [-0.1, -0.05) is 35.0 Å². The standard InChI is InChI=1S/C22H15FN4O2S/c1-13-2-4-14(5-3-13)17-11-30-21-19(17)22(28)27(12-24-21)10-18-25-20(26-29-18)15-6-8-16(23)9-7-15/h2-9,11-12H,10H2,1H3. The van der Waals surface area contributed by atoms with Crippen LogP contribution in [0.25, 0.3) is 32.7 Å². The zero-order valence-electron chi connectivity index (χ0n) is 15.9. The van der Waals surface area contributed by atoms with Crippen molar-refractivity contribution in [3.05, 3.63) is 87.9 Å². The van der Waals surface area contributed by atoms with E-state index in [1.54, 1.807) is 12.1 Å². The summed E-state index contributed by atoms with van der Waals surface area (Å²) in [6, 6.07) is 13.8. The summed E-state index contributed by atoms with van der Waals surface area (Å²) < 4.78 is 19.9. The van der Waals surface area contributed by atoms with Gasteiger partial charge in [0, 0.05) is 16.5 Å². The van der Waals surface area contributed by atoms with E-state index in [9.17, 15) is 9.18 Å². The largest absolute Gasteiger partial charge is 0.337 e. The molecule has 5 aromatic rings. The average molecular weight is 418 g/mol. The zero-order chi connectivity index (χ0) is 20.7. The molecule has 30 heavy (non-hydrogen) atoms. The van der Waals surface area contributed by atoms with Crippen molar-refractivity contribution in [2.75, 3.05) is 0 Å². The fourth-order valence-corrected chi connectivity index (χ4v) is 4.11. The highest BCUT2D eigenvalue weighted by atomic mass is 32.1. The van der Waals surface area contributed by atoms with E-state index in [2.05, 4.69) is 15.1 Å². The van der Waals surface area contributed by atoms with Crippen molar-refractivity contribution < 1.29 is 8.91 Å². The van der Waals surface area contributed by atoms with Crippen LogP contribution in [0.2, 0.25) is 0 Å². The zero-order valence-corrected chi connectivity index (χ0v) is 16.7. The molecule has 0 fully saturated rings. The normalized spacial score (nSPS) is 11.3. The Balaban J connectivity index is 1.50. The second-order valence-corrected chi connectivity index (χ2v) is 7.75. The van der Waals surface area contributed by atoms with E-state index in [-0.39, 0.29) is 23.8 Å². The number of fused-ring (bicyclic) bond motifs is 1. The summed E-state index contributed by atoms with van der Waals surface area (Å²) in [6.07, 6.45) is 1.49. The smallest absolute Gasteiger partial charge is 0.263 e. The van der Waals surface area contributed by atoms with E-state index >= 15 is 0 Å². The van der Waals surface area contributed by atoms with E-state index < -0.39 is 0 Å². The Kier molecular flexibility index (Phi) is 4.48. The molecule has 0 amide bonds. The third-order valence-electron chi connectivity index (χ3n) is 4.80. The van der Waals surface area contributed by atoms with Gasteiger partial charge in [0.2, 0.25) is 11.7 Å². The molecular formula is C22H15FN4O2S. The lowest BCUT2D eigenvalue weighted by atomic mass is 10.1. The number of thiophene rings is 1. The Morgan fingerprint density at radius 2 is 1.80 bits per heavy atom. The van der Waals surface area contributed by atoms with Crippen molar-refractivity contribution in [1.29, 1.82) is 0 Å². The highest BCUT2D eigenvalue weighted by molar-refractivity contribution is 7.17. The van der Waals surface area contributed by atoms with Crippen LogP contribution in [0.1, 0.15) is 11.5 Å². The van der Waals surface area contributed by atoms with Gasteiger partial charge >= 0.3 is 0 Å². The van der Waals surface area contributed by atoms with E-state index in [0.29, 0.717) is 21.6 Å². The van der Waals surface area contributed by atoms with Crippen LogP contribution < -0.4 is 5.56 Å². The lowest BCUT2D eigenvalue weighted by Crippen LogP contribution is -2.21. The van der Waals surface area contributed by atoms with E-state index in [1.165, 1.54) is 34.4 Å². The van der Waals surface area contributed by atoms with Crippen molar-refractivity contribution in [3.8, 4) is 22.5 Å². The number of benzene rings is 2. The maximum atomic E-state index is 13.2.